The summed E-state index contributed by atoms with van der Waals surface area (Å²) in [5.74, 6) is 0.606. The second-order valence-electron chi connectivity index (χ2n) is 4.77. The summed E-state index contributed by atoms with van der Waals surface area (Å²) in [6.07, 6.45) is 1.76. The number of nitrogens with one attached hydrogen (secondary N) is 1. The van der Waals surface area contributed by atoms with Gasteiger partial charge in [-0.05, 0) is 31.0 Å². The molecule has 1 aromatic rings. The molecule has 0 radical (unpaired) electrons. The van der Waals surface area contributed by atoms with Crippen LogP contribution in [0.1, 0.15) is 12.8 Å². The van der Waals surface area contributed by atoms with Crippen LogP contribution in [0.25, 0.3) is 0 Å². The molecule has 3 N–H and O–H groups in total. The molecule has 0 bridgehead atoms. The van der Waals surface area contributed by atoms with Crippen LogP contribution < -0.4 is 10.5 Å². The number of rotatable bonds is 6. The van der Waals surface area contributed by atoms with Gasteiger partial charge in [-0.3, -0.25) is 0 Å². The third-order valence-corrected chi connectivity index (χ3v) is 5.67. The maximum absolute atomic E-state index is 12.0. The fourth-order valence-electron chi connectivity index (χ4n) is 2.02. The summed E-state index contributed by atoms with van der Waals surface area (Å²) < 4.78 is 31.9. The van der Waals surface area contributed by atoms with Crippen LogP contribution in [0.3, 0.4) is 0 Å². The smallest absolute Gasteiger partial charge is 0.212 e. The topological polar surface area (TPSA) is 81.4 Å². The van der Waals surface area contributed by atoms with E-state index < -0.39 is 10.0 Å². The molecule has 0 aliphatic carbocycles. The van der Waals surface area contributed by atoms with Crippen LogP contribution in [0.5, 0.6) is 0 Å². The number of ether oxygens (including phenoxy) is 1. The summed E-state index contributed by atoms with van der Waals surface area (Å²) in [7, 11) is -3.24. The van der Waals surface area contributed by atoms with E-state index in [2.05, 4.69) is 4.72 Å². The van der Waals surface area contributed by atoms with Gasteiger partial charge in [0.25, 0.3) is 0 Å². The zero-order valence-electron chi connectivity index (χ0n) is 11.2. The minimum atomic E-state index is -3.24. The summed E-state index contributed by atoms with van der Waals surface area (Å²) >= 11 is 1.49. The molecule has 1 fully saturated rings. The van der Waals surface area contributed by atoms with Gasteiger partial charge in [-0.2, -0.15) is 0 Å². The van der Waals surface area contributed by atoms with E-state index in [4.69, 9.17) is 10.5 Å². The summed E-state index contributed by atoms with van der Waals surface area (Å²) in [6.45, 7) is 1.20. The van der Waals surface area contributed by atoms with Crippen LogP contribution in [0.4, 0.5) is 5.69 Å². The van der Waals surface area contributed by atoms with Crippen molar-refractivity contribution >= 4 is 27.5 Å². The van der Waals surface area contributed by atoms with Gasteiger partial charge in [-0.15, -0.1) is 11.8 Å². The molecule has 5 nitrogen and oxygen atoms in total. The monoisotopic (exact) mass is 316 g/mol. The number of nitrogens with two attached hydrogens (primary N) is 1. The van der Waals surface area contributed by atoms with Crippen molar-refractivity contribution in [1.29, 1.82) is 0 Å². The molecule has 0 aromatic heterocycles. The Kier molecular flexibility index (Phi) is 5.71. The highest BCUT2D eigenvalue weighted by atomic mass is 32.2. The minimum absolute atomic E-state index is 0.0777. The lowest BCUT2D eigenvalue weighted by atomic mass is 10.1. The molecule has 1 unspecified atom stereocenters. The van der Waals surface area contributed by atoms with Gasteiger partial charge in [0.05, 0.1) is 12.4 Å². The van der Waals surface area contributed by atoms with Crippen molar-refractivity contribution in [1.82, 2.24) is 4.72 Å². The molecule has 0 amide bonds. The molecule has 112 valence electrons. The van der Waals surface area contributed by atoms with E-state index in [0.29, 0.717) is 18.0 Å². The highest BCUT2D eigenvalue weighted by molar-refractivity contribution is 8.00. The van der Waals surface area contributed by atoms with Crippen molar-refractivity contribution in [3.63, 3.8) is 0 Å². The number of anilines is 1. The van der Waals surface area contributed by atoms with Crippen LogP contribution in [-0.4, -0.2) is 39.2 Å². The minimum Gasteiger partial charge on any atom is -0.399 e. The summed E-state index contributed by atoms with van der Waals surface area (Å²) in [4.78, 5) is 0.987. The molecule has 1 aromatic carbocycles. The predicted molar refractivity (Wildman–Crippen MR) is 82.3 cm³/mol. The third kappa shape index (κ3) is 5.32. The number of sulfonamides is 1. The lowest BCUT2D eigenvalue weighted by Gasteiger charge is -2.22. The van der Waals surface area contributed by atoms with E-state index in [9.17, 15) is 8.42 Å². The Hall–Kier alpha value is -0.760. The Bertz CT molecular complexity index is 528. The van der Waals surface area contributed by atoms with Gasteiger partial charge in [0.15, 0.2) is 0 Å². The Morgan fingerprint density at radius 2 is 2.30 bits per heavy atom. The summed E-state index contributed by atoms with van der Waals surface area (Å²) in [5, 5.41) is 0. The number of hydrogen-bond acceptors (Lipinski definition) is 5. The summed E-state index contributed by atoms with van der Waals surface area (Å²) in [5.41, 5.74) is 6.37. The Labute approximate surface area is 124 Å². The standard InChI is InChI=1S/C13H20N2O3S2/c14-11-3-1-5-13(9-11)19-7-8-20(16,17)15-12-4-2-6-18-10-12/h1,3,5,9,12,15H,2,4,6-8,10,14H2. The molecule has 0 saturated carbocycles. The van der Waals surface area contributed by atoms with E-state index in [1.54, 1.807) is 0 Å². The largest absolute Gasteiger partial charge is 0.399 e. The van der Waals surface area contributed by atoms with Crippen molar-refractivity contribution in [3.8, 4) is 0 Å². The highest BCUT2D eigenvalue weighted by Crippen LogP contribution is 2.20. The van der Waals surface area contributed by atoms with Gasteiger partial charge < -0.3 is 10.5 Å². The van der Waals surface area contributed by atoms with Crippen LogP contribution in [-0.2, 0) is 14.8 Å². The van der Waals surface area contributed by atoms with E-state index in [1.807, 2.05) is 24.3 Å². The van der Waals surface area contributed by atoms with Gasteiger partial charge in [-0.25, -0.2) is 13.1 Å². The van der Waals surface area contributed by atoms with E-state index in [0.717, 1.165) is 24.3 Å². The maximum Gasteiger partial charge on any atom is 0.212 e. The lowest BCUT2D eigenvalue weighted by molar-refractivity contribution is 0.0774. The van der Waals surface area contributed by atoms with Crippen molar-refractivity contribution < 1.29 is 13.2 Å². The zero-order valence-corrected chi connectivity index (χ0v) is 12.9. The quantitative estimate of drug-likeness (QED) is 0.613. The SMILES string of the molecule is Nc1cccc(SCCS(=O)(=O)NC2CCCOC2)c1. The normalized spacial score (nSPS) is 19.9. The number of nitrogen functional groups attached to an aromatic ring is 1. The van der Waals surface area contributed by atoms with Crippen molar-refractivity contribution in [2.24, 2.45) is 0 Å². The molecule has 7 heteroatoms. The van der Waals surface area contributed by atoms with E-state index in [-0.39, 0.29) is 11.8 Å². The average molecular weight is 316 g/mol. The first kappa shape index (κ1) is 15.6. The second-order valence-corrected chi connectivity index (χ2v) is 7.81. The Balaban J connectivity index is 1.77. The Morgan fingerprint density at radius 1 is 1.45 bits per heavy atom. The molecule has 20 heavy (non-hydrogen) atoms. The molecule has 2 rings (SSSR count). The molecule has 1 aliphatic heterocycles. The molecular weight excluding hydrogens is 296 g/mol. The Morgan fingerprint density at radius 3 is 3.00 bits per heavy atom. The lowest BCUT2D eigenvalue weighted by Crippen LogP contribution is -2.41. The molecule has 1 heterocycles. The number of thioether (sulfide) groups is 1. The third-order valence-electron chi connectivity index (χ3n) is 2.99. The van der Waals surface area contributed by atoms with Gasteiger partial charge >= 0.3 is 0 Å². The molecule has 1 atom stereocenters. The highest BCUT2D eigenvalue weighted by Gasteiger charge is 2.20. The van der Waals surface area contributed by atoms with Crippen molar-refractivity contribution in [3.05, 3.63) is 24.3 Å². The van der Waals surface area contributed by atoms with Crippen LogP contribution >= 0.6 is 11.8 Å². The zero-order chi connectivity index (χ0) is 14.4. The van der Waals surface area contributed by atoms with Gasteiger partial charge in [-0.1, -0.05) is 6.07 Å². The fraction of sp³-hybridized carbons (Fsp3) is 0.538. The van der Waals surface area contributed by atoms with Crippen molar-refractivity contribution in [2.45, 2.75) is 23.8 Å². The van der Waals surface area contributed by atoms with E-state index >= 15 is 0 Å². The second kappa shape index (κ2) is 7.31. The number of benzene rings is 1. The van der Waals surface area contributed by atoms with Gasteiger partial charge in [0.2, 0.25) is 10.0 Å². The fourth-order valence-corrected chi connectivity index (χ4v) is 4.67. The molecule has 1 aliphatic rings. The first-order valence-corrected chi connectivity index (χ1v) is 9.25. The molecule has 1 saturated heterocycles. The predicted octanol–water partition coefficient (Wildman–Crippen LogP) is 1.46. The van der Waals surface area contributed by atoms with Crippen molar-refractivity contribution in [2.75, 3.05) is 30.5 Å². The van der Waals surface area contributed by atoms with Crippen LogP contribution in [0, 0.1) is 0 Å². The maximum atomic E-state index is 12.0. The van der Waals surface area contributed by atoms with Gasteiger partial charge in [0.1, 0.15) is 0 Å². The summed E-state index contributed by atoms with van der Waals surface area (Å²) in [6, 6.07) is 7.37. The van der Waals surface area contributed by atoms with E-state index in [1.165, 1.54) is 11.8 Å². The number of hydrogen-bond donors (Lipinski definition) is 2. The van der Waals surface area contributed by atoms with Gasteiger partial charge in [0, 0.05) is 29.0 Å². The molecule has 0 spiro atoms. The van der Waals surface area contributed by atoms with Crippen LogP contribution in [0.15, 0.2) is 29.2 Å². The van der Waals surface area contributed by atoms with Crippen LogP contribution in [0.2, 0.25) is 0 Å². The first-order valence-electron chi connectivity index (χ1n) is 6.61. The average Bonchev–Trinajstić information content (AvgIpc) is 2.39. The molecular formula is C13H20N2O3S2. The first-order chi connectivity index (χ1) is 9.55.